The van der Waals surface area contributed by atoms with Gasteiger partial charge in [0.1, 0.15) is 5.01 Å². The van der Waals surface area contributed by atoms with Crippen molar-refractivity contribution in [2.75, 3.05) is 13.1 Å². The molecule has 20 heavy (non-hydrogen) atoms. The van der Waals surface area contributed by atoms with Gasteiger partial charge in [-0.2, -0.15) is 0 Å². The molecule has 4 heteroatoms. The molecule has 0 aliphatic carbocycles. The lowest BCUT2D eigenvalue weighted by Gasteiger charge is -2.28. The van der Waals surface area contributed by atoms with Crippen LogP contribution in [0.3, 0.4) is 0 Å². The second-order valence-corrected chi connectivity index (χ2v) is 6.12. The standard InChI is InChI=1S/C16H21N3S/c1-2-14(16-18-9-10-20-16)19-11-15-13-6-4-3-5-12(13)7-8-17-15/h3-6,9-10,14-15,17,19H,2,7-8,11H2,1H3. The third kappa shape index (κ3) is 2.92. The lowest BCUT2D eigenvalue weighted by molar-refractivity contribution is 0.425. The van der Waals surface area contributed by atoms with E-state index in [-0.39, 0.29) is 0 Å². The molecule has 2 aromatic rings. The molecule has 3 nitrogen and oxygen atoms in total. The van der Waals surface area contributed by atoms with Gasteiger partial charge >= 0.3 is 0 Å². The highest BCUT2D eigenvalue weighted by Crippen LogP contribution is 2.24. The van der Waals surface area contributed by atoms with Crippen LogP contribution in [0.25, 0.3) is 0 Å². The van der Waals surface area contributed by atoms with Crippen LogP contribution >= 0.6 is 11.3 Å². The van der Waals surface area contributed by atoms with E-state index in [4.69, 9.17) is 0 Å². The van der Waals surface area contributed by atoms with E-state index in [1.165, 1.54) is 16.1 Å². The van der Waals surface area contributed by atoms with E-state index in [1.807, 2.05) is 11.6 Å². The zero-order chi connectivity index (χ0) is 13.8. The van der Waals surface area contributed by atoms with Gasteiger partial charge < -0.3 is 10.6 Å². The average molecular weight is 287 g/mol. The minimum absolute atomic E-state index is 0.367. The van der Waals surface area contributed by atoms with Crippen LogP contribution in [0.15, 0.2) is 35.8 Å². The molecule has 0 saturated carbocycles. The topological polar surface area (TPSA) is 37.0 Å². The summed E-state index contributed by atoms with van der Waals surface area (Å²) < 4.78 is 0. The van der Waals surface area contributed by atoms with Crippen LogP contribution in [0.4, 0.5) is 0 Å². The number of nitrogens with one attached hydrogen (secondary N) is 2. The highest BCUT2D eigenvalue weighted by Gasteiger charge is 2.20. The molecule has 0 fully saturated rings. The minimum atomic E-state index is 0.367. The second-order valence-electron chi connectivity index (χ2n) is 5.19. The summed E-state index contributed by atoms with van der Waals surface area (Å²) in [5.41, 5.74) is 2.93. The highest BCUT2D eigenvalue weighted by atomic mass is 32.1. The Morgan fingerprint density at radius 2 is 2.35 bits per heavy atom. The molecular weight excluding hydrogens is 266 g/mol. The Morgan fingerprint density at radius 1 is 1.45 bits per heavy atom. The molecule has 1 aromatic carbocycles. The molecule has 2 atom stereocenters. The average Bonchev–Trinajstić information content (AvgIpc) is 3.02. The number of benzene rings is 1. The van der Waals surface area contributed by atoms with Crippen molar-refractivity contribution in [3.63, 3.8) is 0 Å². The first kappa shape index (κ1) is 13.7. The van der Waals surface area contributed by atoms with Crippen molar-refractivity contribution in [3.05, 3.63) is 52.0 Å². The maximum Gasteiger partial charge on any atom is 0.109 e. The van der Waals surface area contributed by atoms with Gasteiger partial charge in [-0.3, -0.25) is 0 Å². The van der Waals surface area contributed by atoms with Crippen LogP contribution in [0.1, 0.15) is 41.6 Å². The van der Waals surface area contributed by atoms with Gasteiger partial charge in [-0.05, 0) is 30.5 Å². The van der Waals surface area contributed by atoms with Crippen molar-refractivity contribution in [1.82, 2.24) is 15.6 Å². The minimum Gasteiger partial charge on any atom is -0.309 e. The molecule has 1 aromatic heterocycles. The first-order valence-corrected chi connectivity index (χ1v) is 8.20. The van der Waals surface area contributed by atoms with Crippen LogP contribution in [0, 0.1) is 0 Å². The summed E-state index contributed by atoms with van der Waals surface area (Å²) in [6, 6.07) is 9.55. The predicted octanol–water partition coefficient (Wildman–Crippen LogP) is 3.07. The van der Waals surface area contributed by atoms with Crippen LogP contribution in [-0.4, -0.2) is 18.1 Å². The molecule has 106 valence electrons. The van der Waals surface area contributed by atoms with E-state index in [9.17, 15) is 0 Å². The molecular formula is C16H21N3S. The molecule has 2 unspecified atom stereocenters. The predicted molar refractivity (Wildman–Crippen MR) is 84.0 cm³/mol. The number of fused-ring (bicyclic) bond motifs is 1. The Bertz CT molecular complexity index is 538. The number of aromatic nitrogens is 1. The molecule has 2 N–H and O–H groups in total. The number of hydrogen-bond donors (Lipinski definition) is 2. The lowest BCUT2D eigenvalue weighted by Crippen LogP contribution is -2.37. The first-order valence-electron chi connectivity index (χ1n) is 7.32. The van der Waals surface area contributed by atoms with E-state index < -0.39 is 0 Å². The van der Waals surface area contributed by atoms with E-state index in [0.29, 0.717) is 12.1 Å². The van der Waals surface area contributed by atoms with Gasteiger partial charge in [0.25, 0.3) is 0 Å². The van der Waals surface area contributed by atoms with E-state index in [0.717, 1.165) is 25.9 Å². The van der Waals surface area contributed by atoms with Crippen LogP contribution in [0.2, 0.25) is 0 Å². The first-order chi connectivity index (χ1) is 9.88. The largest absolute Gasteiger partial charge is 0.309 e. The molecule has 0 spiro atoms. The van der Waals surface area contributed by atoms with Crippen molar-refractivity contribution < 1.29 is 0 Å². The fourth-order valence-corrected chi connectivity index (χ4v) is 3.65. The Hall–Kier alpha value is -1.23. The molecule has 2 heterocycles. The van der Waals surface area contributed by atoms with Crippen molar-refractivity contribution in [2.45, 2.75) is 31.8 Å². The van der Waals surface area contributed by atoms with Crippen molar-refractivity contribution in [2.24, 2.45) is 0 Å². The summed E-state index contributed by atoms with van der Waals surface area (Å²) >= 11 is 1.73. The Labute approximate surface area is 124 Å². The van der Waals surface area contributed by atoms with Gasteiger partial charge in [-0.1, -0.05) is 31.2 Å². The molecule has 0 amide bonds. The summed E-state index contributed by atoms with van der Waals surface area (Å²) in [4.78, 5) is 4.43. The summed E-state index contributed by atoms with van der Waals surface area (Å²) in [5.74, 6) is 0. The Kier molecular flexibility index (Phi) is 4.45. The van der Waals surface area contributed by atoms with Crippen molar-refractivity contribution >= 4 is 11.3 Å². The molecule has 0 bridgehead atoms. The smallest absolute Gasteiger partial charge is 0.109 e. The van der Waals surface area contributed by atoms with Gasteiger partial charge in [-0.25, -0.2) is 4.98 Å². The Balaban J connectivity index is 1.67. The molecule has 3 rings (SSSR count). The van der Waals surface area contributed by atoms with E-state index in [1.54, 1.807) is 11.3 Å². The highest BCUT2D eigenvalue weighted by molar-refractivity contribution is 7.09. The quantitative estimate of drug-likeness (QED) is 0.887. The number of hydrogen-bond acceptors (Lipinski definition) is 4. The van der Waals surface area contributed by atoms with Crippen LogP contribution in [0.5, 0.6) is 0 Å². The van der Waals surface area contributed by atoms with Crippen LogP contribution in [-0.2, 0) is 6.42 Å². The fraction of sp³-hybridized carbons (Fsp3) is 0.438. The SMILES string of the molecule is CCC(NCC1NCCc2ccccc21)c1nccs1. The van der Waals surface area contributed by atoms with Gasteiger partial charge in [0.15, 0.2) is 0 Å². The number of rotatable bonds is 5. The monoisotopic (exact) mass is 287 g/mol. The summed E-state index contributed by atoms with van der Waals surface area (Å²) in [5, 5.41) is 10.5. The maximum atomic E-state index is 4.43. The molecule has 1 aliphatic heterocycles. The maximum absolute atomic E-state index is 4.43. The van der Waals surface area contributed by atoms with Crippen molar-refractivity contribution in [3.8, 4) is 0 Å². The van der Waals surface area contributed by atoms with E-state index in [2.05, 4.69) is 46.8 Å². The molecule has 1 aliphatic rings. The van der Waals surface area contributed by atoms with Crippen LogP contribution < -0.4 is 10.6 Å². The fourth-order valence-electron chi connectivity index (χ4n) is 2.85. The van der Waals surface area contributed by atoms with Gasteiger partial charge in [-0.15, -0.1) is 11.3 Å². The second kappa shape index (κ2) is 6.48. The van der Waals surface area contributed by atoms with Gasteiger partial charge in [0, 0.05) is 24.2 Å². The Morgan fingerprint density at radius 3 is 3.15 bits per heavy atom. The zero-order valence-corrected chi connectivity index (χ0v) is 12.6. The lowest BCUT2D eigenvalue weighted by atomic mass is 9.94. The van der Waals surface area contributed by atoms with Gasteiger partial charge in [0.2, 0.25) is 0 Å². The molecule has 0 saturated heterocycles. The number of thiazole rings is 1. The van der Waals surface area contributed by atoms with Crippen molar-refractivity contribution in [1.29, 1.82) is 0 Å². The third-order valence-electron chi connectivity index (χ3n) is 3.94. The summed E-state index contributed by atoms with van der Waals surface area (Å²) in [6.07, 6.45) is 4.09. The molecule has 0 radical (unpaired) electrons. The van der Waals surface area contributed by atoms with E-state index >= 15 is 0 Å². The summed E-state index contributed by atoms with van der Waals surface area (Å²) in [7, 11) is 0. The number of nitrogens with zero attached hydrogens (tertiary/aromatic N) is 1. The van der Waals surface area contributed by atoms with Gasteiger partial charge in [0.05, 0.1) is 6.04 Å². The zero-order valence-electron chi connectivity index (χ0n) is 11.8. The third-order valence-corrected chi connectivity index (χ3v) is 4.83. The summed E-state index contributed by atoms with van der Waals surface area (Å²) in [6.45, 7) is 4.23. The normalized spacial score (nSPS) is 19.6.